The van der Waals surface area contributed by atoms with Gasteiger partial charge in [-0.3, -0.25) is 9.48 Å². The van der Waals surface area contributed by atoms with Crippen molar-refractivity contribution >= 4 is 17.5 Å². The molecule has 0 atom stereocenters. The number of halogens is 2. The fourth-order valence-electron chi connectivity index (χ4n) is 4.17. The number of hydrogen-bond donors (Lipinski definition) is 0. The number of rotatable bonds is 3. The summed E-state index contributed by atoms with van der Waals surface area (Å²) in [6, 6.07) is 4.48. The number of hydrogen-bond acceptors (Lipinski definition) is 2. The molecule has 1 aromatic heterocycles. The predicted octanol–water partition coefficient (Wildman–Crippen LogP) is 4.31. The third-order valence-corrected chi connectivity index (χ3v) is 5.93. The van der Waals surface area contributed by atoms with Crippen LogP contribution in [0.5, 0.6) is 0 Å². The zero-order valence-corrected chi connectivity index (χ0v) is 15.5. The van der Waals surface area contributed by atoms with E-state index in [0.29, 0.717) is 19.0 Å². The maximum atomic E-state index is 13.3. The third kappa shape index (κ3) is 3.50. The summed E-state index contributed by atoms with van der Waals surface area (Å²) < 4.78 is 15.4. The summed E-state index contributed by atoms with van der Waals surface area (Å²) in [6.07, 6.45) is 8.59. The molecule has 1 saturated carbocycles. The molecule has 0 N–H and O–H groups in total. The van der Waals surface area contributed by atoms with Crippen LogP contribution in [-0.2, 0) is 24.3 Å². The molecule has 0 radical (unpaired) electrons. The van der Waals surface area contributed by atoms with Crippen LogP contribution >= 0.6 is 11.6 Å². The molecule has 1 amide bonds. The quantitative estimate of drug-likeness (QED) is 0.801. The van der Waals surface area contributed by atoms with Crippen LogP contribution in [0.1, 0.15) is 54.8 Å². The zero-order chi connectivity index (χ0) is 18.1. The van der Waals surface area contributed by atoms with Crippen LogP contribution in [0.25, 0.3) is 0 Å². The van der Waals surface area contributed by atoms with Crippen molar-refractivity contribution in [1.82, 2.24) is 14.7 Å². The van der Waals surface area contributed by atoms with Crippen molar-refractivity contribution in [3.05, 3.63) is 52.1 Å². The van der Waals surface area contributed by atoms with Gasteiger partial charge in [-0.25, -0.2) is 4.39 Å². The molecule has 138 valence electrons. The normalized spacial score (nSPS) is 18.0. The largest absolute Gasteiger partial charge is 0.335 e. The molecule has 0 bridgehead atoms. The smallest absolute Gasteiger partial charge is 0.227 e. The van der Waals surface area contributed by atoms with E-state index < -0.39 is 5.82 Å². The molecule has 1 fully saturated rings. The minimum atomic E-state index is -0.457. The van der Waals surface area contributed by atoms with Gasteiger partial charge in [-0.15, -0.1) is 0 Å². The van der Waals surface area contributed by atoms with Crippen LogP contribution in [0.15, 0.2) is 24.4 Å². The highest BCUT2D eigenvalue weighted by atomic mass is 35.5. The van der Waals surface area contributed by atoms with E-state index in [9.17, 15) is 9.18 Å². The Labute approximate surface area is 157 Å². The van der Waals surface area contributed by atoms with Crippen molar-refractivity contribution in [2.24, 2.45) is 0 Å². The number of fused-ring (bicyclic) bond motifs is 1. The summed E-state index contributed by atoms with van der Waals surface area (Å²) >= 11 is 5.83. The minimum Gasteiger partial charge on any atom is -0.335 e. The van der Waals surface area contributed by atoms with Gasteiger partial charge in [-0.1, -0.05) is 36.9 Å². The first-order valence-electron chi connectivity index (χ1n) is 9.38. The molecule has 2 aliphatic rings. The molecule has 0 saturated heterocycles. The van der Waals surface area contributed by atoms with E-state index in [2.05, 4.69) is 9.78 Å². The topological polar surface area (TPSA) is 38.1 Å². The third-order valence-electron chi connectivity index (χ3n) is 5.64. The summed E-state index contributed by atoms with van der Waals surface area (Å²) in [5, 5.41) is 4.61. The van der Waals surface area contributed by atoms with Crippen molar-refractivity contribution < 1.29 is 9.18 Å². The van der Waals surface area contributed by atoms with E-state index in [1.807, 2.05) is 11.1 Å². The average molecular weight is 376 g/mol. The van der Waals surface area contributed by atoms with Gasteiger partial charge in [0.15, 0.2) is 0 Å². The molecule has 4 rings (SSSR count). The first-order valence-corrected chi connectivity index (χ1v) is 9.76. The molecule has 1 aromatic carbocycles. The van der Waals surface area contributed by atoms with E-state index >= 15 is 0 Å². The summed E-state index contributed by atoms with van der Waals surface area (Å²) in [5.74, 6) is 0.176. The summed E-state index contributed by atoms with van der Waals surface area (Å²) in [6.45, 7) is 2.00. The Kier molecular flexibility index (Phi) is 4.98. The number of carbonyl (C=O) groups excluding carboxylic acids is 1. The molecule has 1 aliphatic carbocycles. The van der Waals surface area contributed by atoms with Gasteiger partial charge in [0.25, 0.3) is 0 Å². The monoisotopic (exact) mass is 375 g/mol. The summed E-state index contributed by atoms with van der Waals surface area (Å²) in [7, 11) is 0. The van der Waals surface area contributed by atoms with Crippen LogP contribution in [0.3, 0.4) is 0 Å². The van der Waals surface area contributed by atoms with Crippen molar-refractivity contribution in [2.75, 3.05) is 6.54 Å². The molecule has 4 nitrogen and oxygen atoms in total. The van der Waals surface area contributed by atoms with Gasteiger partial charge in [0, 0.05) is 6.54 Å². The Balaban J connectivity index is 1.47. The molecular weight excluding hydrogens is 353 g/mol. The minimum absolute atomic E-state index is 0.0507. The van der Waals surface area contributed by atoms with E-state index in [1.54, 1.807) is 6.07 Å². The van der Waals surface area contributed by atoms with Gasteiger partial charge in [0.1, 0.15) is 5.82 Å². The second kappa shape index (κ2) is 7.39. The Morgan fingerprint density at radius 2 is 2.04 bits per heavy atom. The van der Waals surface area contributed by atoms with Crippen LogP contribution < -0.4 is 0 Å². The van der Waals surface area contributed by atoms with Crippen LogP contribution in [0, 0.1) is 5.82 Å². The van der Waals surface area contributed by atoms with E-state index in [1.165, 1.54) is 55.5 Å². The highest BCUT2D eigenvalue weighted by Gasteiger charge is 2.27. The van der Waals surface area contributed by atoms with E-state index in [4.69, 9.17) is 11.6 Å². The Bertz CT molecular complexity index is 813. The number of aromatic nitrogens is 2. The van der Waals surface area contributed by atoms with Gasteiger partial charge in [-0.2, -0.15) is 5.10 Å². The first-order chi connectivity index (χ1) is 12.6. The number of carbonyl (C=O) groups is 1. The SMILES string of the molecule is O=C(Cc1ccc(F)c(Cl)c1)N1CCn2ncc(C3CCCCC3)c2C1. The maximum Gasteiger partial charge on any atom is 0.227 e. The highest BCUT2D eigenvalue weighted by molar-refractivity contribution is 6.30. The van der Waals surface area contributed by atoms with E-state index in [-0.39, 0.29) is 17.4 Å². The van der Waals surface area contributed by atoms with Crippen LogP contribution in [-0.4, -0.2) is 27.1 Å². The van der Waals surface area contributed by atoms with Crippen molar-refractivity contribution in [1.29, 1.82) is 0 Å². The van der Waals surface area contributed by atoms with Crippen molar-refractivity contribution in [2.45, 2.75) is 57.5 Å². The molecule has 6 heteroatoms. The lowest BCUT2D eigenvalue weighted by Crippen LogP contribution is -2.39. The molecule has 26 heavy (non-hydrogen) atoms. The average Bonchev–Trinajstić information content (AvgIpc) is 3.08. The predicted molar refractivity (Wildman–Crippen MR) is 98.6 cm³/mol. The Morgan fingerprint density at radius 1 is 1.23 bits per heavy atom. The van der Waals surface area contributed by atoms with Gasteiger partial charge >= 0.3 is 0 Å². The van der Waals surface area contributed by atoms with Crippen LogP contribution in [0.2, 0.25) is 5.02 Å². The lowest BCUT2D eigenvalue weighted by Gasteiger charge is -2.30. The Hall–Kier alpha value is -1.88. The van der Waals surface area contributed by atoms with Crippen LogP contribution in [0.4, 0.5) is 4.39 Å². The Morgan fingerprint density at radius 3 is 2.81 bits per heavy atom. The molecular formula is C20H23ClFN3O. The molecule has 1 aliphatic heterocycles. The highest BCUT2D eigenvalue weighted by Crippen LogP contribution is 2.35. The van der Waals surface area contributed by atoms with E-state index in [0.717, 1.165) is 12.1 Å². The maximum absolute atomic E-state index is 13.3. The second-order valence-electron chi connectivity index (χ2n) is 7.35. The zero-order valence-electron chi connectivity index (χ0n) is 14.8. The lowest BCUT2D eigenvalue weighted by atomic mass is 9.84. The fraction of sp³-hybridized carbons (Fsp3) is 0.500. The number of nitrogens with zero attached hydrogens (tertiary/aromatic N) is 3. The summed E-state index contributed by atoms with van der Waals surface area (Å²) in [5.41, 5.74) is 3.26. The fourth-order valence-corrected chi connectivity index (χ4v) is 4.37. The van der Waals surface area contributed by atoms with Gasteiger partial charge in [-0.05, 0) is 42.0 Å². The standard InChI is InChI=1S/C20H23ClFN3O/c21-17-10-14(6-7-18(17)22)11-20(26)24-8-9-25-19(13-24)16(12-23-25)15-4-2-1-3-5-15/h6-7,10,12,15H,1-5,8-9,11,13H2. The van der Waals surface area contributed by atoms with Gasteiger partial charge in [0.2, 0.25) is 5.91 Å². The van der Waals surface area contributed by atoms with Gasteiger partial charge in [0.05, 0.1) is 36.4 Å². The first kappa shape index (κ1) is 17.5. The molecule has 0 spiro atoms. The molecule has 2 aromatic rings. The lowest BCUT2D eigenvalue weighted by molar-refractivity contribution is -0.132. The molecule has 0 unspecified atom stereocenters. The number of amides is 1. The van der Waals surface area contributed by atoms with Crippen molar-refractivity contribution in [3.63, 3.8) is 0 Å². The second-order valence-corrected chi connectivity index (χ2v) is 7.75. The number of benzene rings is 1. The van der Waals surface area contributed by atoms with Crippen molar-refractivity contribution in [3.8, 4) is 0 Å². The summed E-state index contributed by atoms with van der Waals surface area (Å²) in [4.78, 5) is 14.6. The molecule has 2 heterocycles. The van der Waals surface area contributed by atoms with Gasteiger partial charge < -0.3 is 4.90 Å².